The fourth-order valence-electron chi connectivity index (χ4n) is 0.754. The number of rotatable bonds is 6. The number of hydrogen-bond acceptors (Lipinski definition) is 6. The number of carbonyl (C=O) groups excluding carboxylic acids is 3. The van der Waals surface area contributed by atoms with Gasteiger partial charge in [-0.1, -0.05) is 0 Å². The lowest BCUT2D eigenvalue weighted by atomic mass is 10.4. The van der Waals surface area contributed by atoms with E-state index in [1.165, 1.54) is 13.8 Å². The van der Waals surface area contributed by atoms with Crippen molar-refractivity contribution in [3.05, 3.63) is 0 Å². The van der Waals surface area contributed by atoms with E-state index in [0.29, 0.717) is 0 Å². The molecule has 0 heterocycles. The molecule has 0 spiro atoms. The second kappa shape index (κ2) is 7.92. The maximum Gasteiger partial charge on any atom is 0.321 e. The predicted octanol–water partition coefficient (Wildman–Crippen LogP) is 0.263. The molecule has 0 aromatic heterocycles. The largest absolute Gasteiger partial charge is 0.462 e. The van der Waals surface area contributed by atoms with E-state index < -0.39 is 24.0 Å². The first-order chi connectivity index (χ1) is 7.45. The minimum absolute atomic E-state index is 0.175. The summed E-state index contributed by atoms with van der Waals surface area (Å²) in [5, 5.41) is 0. The number of alkyl halides is 1. The summed E-state index contributed by atoms with van der Waals surface area (Å²) in [7, 11) is 0. The zero-order valence-corrected chi connectivity index (χ0v) is 9.78. The second-order valence-corrected chi connectivity index (χ2v) is 3.12. The van der Waals surface area contributed by atoms with Crippen LogP contribution in [-0.4, -0.2) is 43.1 Å². The third-order valence-corrected chi connectivity index (χ3v) is 1.57. The van der Waals surface area contributed by atoms with E-state index in [1.54, 1.807) is 0 Å². The summed E-state index contributed by atoms with van der Waals surface area (Å²) in [5.41, 5.74) is 0. The molecule has 0 aliphatic heterocycles. The Morgan fingerprint density at radius 3 is 1.81 bits per heavy atom. The highest BCUT2D eigenvalue weighted by Crippen LogP contribution is 1.98. The molecule has 0 fully saturated rings. The summed E-state index contributed by atoms with van der Waals surface area (Å²) >= 11 is 5.23. The van der Waals surface area contributed by atoms with Crippen LogP contribution in [0.5, 0.6) is 0 Å². The van der Waals surface area contributed by atoms with Crippen LogP contribution in [0.1, 0.15) is 13.8 Å². The maximum absolute atomic E-state index is 10.9. The van der Waals surface area contributed by atoms with Crippen LogP contribution in [-0.2, 0) is 28.6 Å². The van der Waals surface area contributed by atoms with Gasteiger partial charge in [-0.3, -0.25) is 14.4 Å². The van der Waals surface area contributed by atoms with Gasteiger partial charge in [0.2, 0.25) is 0 Å². The number of ether oxygens (including phenoxy) is 3. The smallest absolute Gasteiger partial charge is 0.321 e. The van der Waals surface area contributed by atoms with Crippen molar-refractivity contribution in [3.8, 4) is 0 Å². The van der Waals surface area contributed by atoms with Gasteiger partial charge >= 0.3 is 17.9 Å². The van der Waals surface area contributed by atoms with Crippen LogP contribution in [0.4, 0.5) is 0 Å². The normalized spacial score (nSPS) is 9.75. The number of carbonyl (C=O) groups is 3. The second-order valence-electron chi connectivity index (χ2n) is 2.85. The van der Waals surface area contributed by atoms with Gasteiger partial charge in [0.25, 0.3) is 0 Å². The Balaban J connectivity index is 4.09. The molecule has 0 aliphatic carbocycles. The van der Waals surface area contributed by atoms with Crippen LogP contribution < -0.4 is 0 Å². The van der Waals surface area contributed by atoms with Gasteiger partial charge in [-0.2, -0.15) is 0 Å². The van der Waals surface area contributed by atoms with E-state index in [1.807, 2.05) is 0 Å². The lowest BCUT2D eigenvalue weighted by Gasteiger charge is -2.16. The van der Waals surface area contributed by atoms with Gasteiger partial charge in [-0.25, -0.2) is 0 Å². The third-order valence-electron chi connectivity index (χ3n) is 1.35. The van der Waals surface area contributed by atoms with Gasteiger partial charge in [0.15, 0.2) is 6.10 Å². The highest BCUT2D eigenvalue weighted by Gasteiger charge is 2.17. The van der Waals surface area contributed by atoms with Gasteiger partial charge in [0.1, 0.15) is 19.1 Å². The molecule has 0 unspecified atom stereocenters. The summed E-state index contributed by atoms with van der Waals surface area (Å²) in [6.45, 7) is 2.08. The van der Waals surface area contributed by atoms with Crippen LogP contribution >= 0.6 is 11.6 Å². The number of halogens is 1. The van der Waals surface area contributed by atoms with Crippen LogP contribution in [0.2, 0.25) is 0 Å². The summed E-state index contributed by atoms with van der Waals surface area (Å²) in [6.07, 6.45) is -0.834. The summed E-state index contributed by atoms with van der Waals surface area (Å²) < 4.78 is 14.0. The average Bonchev–Trinajstić information content (AvgIpc) is 2.21. The molecule has 0 radical (unpaired) electrons. The molecular weight excluding hydrogens is 240 g/mol. The Hall–Kier alpha value is -1.30. The molecule has 0 rings (SSSR count). The van der Waals surface area contributed by atoms with E-state index >= 15 is 0 Å². The molecule has 16 heavy (non-hydrogen) atoms. The third kappa shape index (κ3) is 8.05. The molecule has 6 nitrogen and oxygen atoms in total. The minimum Gasteiger partial charge on any atom is -0.462 e. The van der Waals surface area contributed by atoms with E-state index in [-0.39, 0.29) is 19.1 Å². The fourth-order valence-corrected chi connectivity index (χ4v) is 0.817. The van der Waals surface area contributed by atoms with Gasteiger partial charge in [-0.15, -0.1) is 11.6 Å². The molecule has 0 aromatic carbocycles. The minimum atomic E-state index is -0.834. The molecule has 0 aromatic rings. The molecule has 0 aliphatic rings. The fraction of sp³-hybridized carbons (Fsp3) is 0.667. The first-order valence-corrected chi connectivity index (χ1v) is 5.01. The Labute approximate surface area is 97.8 Å². The van der Waals surface area contributed by atoms with Crippen molar-refractivity contribution < 1.29 is 28.6 Å². The zero-order valence-electron chi connectivity index (χ0n) is 9.03. The number of hydrogen-bond donors (Lipinski definition) is 0. The zero-order chi connectivity index (χ0) is 12.6. The lowest BCUT2D eigenvalue weighted by Crippen LogP contribution is -2.30. The number of esters is 3. The summed E-state index contributed by atoms with van der Waals surface area (Å²) in [6, 6.07) is 0. The van der Waals surface area contributed by atoms with Crippen LogP contribution in [0.15, 0.2) is 0 Å². The monoisotopic (exact) mass is 252 g/mol. The van der Waals surface area contributed by atoms with Crippen LogP contribution in [0, 0.1) is 0 Å². The van der Waals surface area contributed by atoms with Crippen LogP contribution in [0.3, 0.4) is 0 Å². The Bertz CT molecular complexity index is 247. The quantitative estimate of drug-likeness (QED) is 0.383. The Kier molecular flexibility index (Phi) is 7.28. The van der Waals surface area contributed by atoms with Gasteiger partial charge in [0.05, 0.1) is 0 Å². The van der Waals surface area contributed by atoms with Crippen molar-refractivity contribution in [2.24, 2.45) is 0 Å². The van der Waals surface area contributed by atoms with E-state index in [0.717, 1.165) is 0 Å². The maximum atomic E-state index is 10.9. The molecule has 0 saturated heterocycles. The van der Waals surface area contributed by atoms with Crippen molar-refractivity contribution in [2.75, 3.05) is 19.1 Å². The van der Waals surface area contributed by atoms with Crippen LogP contribution in [0.25, 0.3) is 0 Å². The van der Waals surface area contributed by atoms with Gasteiger partial charge in [0, 0.05) is 13.8 Å². The van der Waals surface area contributed by atoms with Gasteiger partial charge in [-0.05, 0) is 0 Å². The SMILES string of the molecule is CC(=O)OCC(COC(C)=O)OC(=O)CCl. The van der Waals surface area contributed by atoms with Crippen molar-refractivity contribution in [3.63, 3.8) is 0 Å². The molecule has 0 saturated carbocycles. The molecule has 0 N–H and O–H groups in total. The molecular formula is C9H13ClO6. The van der Waals surface area contributed by atoms with Crippen molar-refractivity contribution in [2.45, 2.75) is 20.0 Å². The van der Waals surface area contributed by atoms with Crippen molar-refractivity contribution in [1.82, 2.24) is 0 Å². The summed E-state index contributed by atoms with van der Waals surface area (Å²) in [5.74, 6) is -2.04. The van der Waals surface area contributed by atoms with E-state index in [4.69, 9.17) is 16.3 Å². The summed E-state index contributed by atoms with van der Waals surface area (Å²) in [4.78, 5) is 32.0. The highest BCUT2D eigenvalue weighted by molar-refractivity contribution is 6.26. The van der Waals surface area contributed by atoms with E-state index in [9.17, 15) is 14.4 Å². The molecule has 0 bridgehead atoms. The lowest BCUT2D eigenvalue weighted by molar-refractivity contribution is -0.163. The molecule has 7 heteroatoms. The molecule has 0 atom stereocenters. The topological polar surface area (TPSA) is 78.9 Å². The standard InChI is InChI=1S/C9H13ClO6/c1-6(11)14-4-8(5-15-7(2)12)16-9(13)3-10/h8H,3-5H2,1-2H3. The first-order valence-electron chi connectivity index (χ1n) is 4.48. The van der Waals surface area contributed by atoms with E-state index in [2.05, 4.69) is 9.47 Å². The Morgan fingerprint density at radius 2 is 1.50 bits per heavy atom. The van der Waals surface area contributed by atoms with Crippen molar-refractivity contribution in [1.29, 1.82) is 0 Å². The van der Waals surface area contributed by atoms with Crippen molar-refractivity contribution >= 4 is 29.5 Å². The van der Waals surface area contributed by atoms with Gasteiger partial charge < -0.3 is 14.2 Å². The highest BCUT2D eigenvalue weighted by atomic mass is 35.5. The molecule has 0 amide bonds. The average molecular weight is 253 g/mol. The molecule has 92 valence electrons. The first kappa shape index (κ1) is 14.7. The predicted molar refractivity (Wildman–Crippen MR) is 53.9 cm³/mol. The Morgan fingerprint density at radius 1 is 1.06 bits per heavy atom.